The molecule has 0 unspecified atom stereocenters. The number of carbonyl (C=O) groups is 3. The molecule has 0 spiro atoms. The van der Waals surface area contributed by atoms with Crippen LogP contribution in [0.25, 0.3) is 6.08 Å². The van der Waals surface area contributed by atoms with E-state index >= 15 is 0 Å². The molecule has 1 fully saturated rings. The van der Waals surface area contributed by atoms with Crippen molar-refractivity contribution in [3.05, 3.63) is 87.5 Å². The van der Waals surface area contributed by atoms with Gasteiger partial charge in [0.05, 0.1) is 30.0 Å². The zero-order chi connectivity index (χ0) is 27.2. The summed E-state index contributed by atoms with van der Waals surface area (Å²) in [6.45, 7) is -0.237. The fraction of sp³-hybridized carbons (Fsp3) is 0.148. The van der Waals surface area contributed by atoms with Gasteiger partial charge in [0, 0.05) is 0 Å². The highest BCUT2D eigenvalue weighted by atomic mass is 35.5. The smallest absolute Gasteiger partial charge is 0.329 e. The van der Waals surface area contributed by atoms with E-state index in [9.17, 15) is 14.4 Å². The number of benzene rings is 3. The van der Waals surface area contributed by atoms with E-state index < -0.39 is 24.4 Å². The van der Waals surface area contributed by atoms with Crippen LogP contribution in [0.5, 0.6) is 17.2 Å². The standard InChI is InChI=1S/C27H23Cl2N3O6/c1-36-22-6-4-3-5-20(22)30-25(33)14-32-26(34)21(31-27(32)35)12-16-8-10-23(24(13-16)37-2)38-15-17-7-9-18(28)19(29)11-17/h3-13H,14-15H2,1-2H3,(H,30,33)(H,31,35)/b21-12+. The van der Waals surface area contributed by atoms with Crippen LogP contribution in [0, 0.1) is 0 Å². The normalized spacial score (nSPS) is 13.9. The number of imide groups is 1. The van der Waals surface area contributed by atoms with Crippen LogP contribution >= 0.6 is 23.2 Å². The van der Waals surface area contributed by atoms with Crippen LogP contribution in [0.1, 0.15) is 11.1 Å². The Balaban J connectivity index is 1.43. The maximum Gasteiger partial charge on any atom is 0.329 e. The summed E-state index contributed by atoms with van der Waals surface area (Å²) in [4.78, 5) is 38.6. The number of carbonyl (C=O) groups excluding carboxylic acids is 3. The van der Waals surface area contributed by atoms with Crippen LogP contribution in [0.2, 0.25) is 10.0 Å². The summed E-state index contributed by atoms with van der Waals surface area (Å²) in [5.74, 6) is 0.159. The number of urea groups is 1. The Morgan fingerprint density at radius 3 is 2.45 bits per heavy atom. The van der Waals surface area contributed by atoms with E-state index in [1.165, 1.54) is 20.3 Å². The number of hydrogen-bond acceptors (Lipinski definition) is 6. The molecule has 4 amide bonds. The number of amides is 4. The quantitative estimate of drug-likeness (QED) is 0.280. The summed E-state index contributed by atoms with van der Waals surface area (Å²) in [6, 6.07) is 16.4. The monoisotopic (exact) mass is 555 g/mol. The van der Waals surface area contributed by atoms with E-state index in [4.69, 9.17) is 37.4 Å². The maximum atomic E-state index is 12.9. The Bertz CT molecular complexity index is 1430. The van der Waals surface area contributed by atoms with E-state index in [0.29, 0.717) is 38.5 Å². The van der Waals surface area contributed by atoms with Gasteiger partial charge in [-0.15, -0.1) is 0 Å². The van der Waals surface area contributed by atoms with E-state index in [1.807, 2.05) is 0 Å². The Morgan fingerprint density at radius 2 is 1.71 bits per heavy atom. The second-order valence-electron chi connectivity index (χ2n) is 8.08. The number of methoxy groups -OCH3 is 2. The minimum atomic E-state index is -0.704. The molecule has 38 heavy (non-hydrogen) atoms. The van der Waals surface area contributed by atoms with Crippen molar-refractivity contribution in [2.75, 3.05) is 26.1 Å². The third-order valence-electron chi connectivity index (χ3n) is 5.52. The summed E-state index contributed by atoms with van der Waals surface area (Å²) in [7, 11) is 2.96. The van der Waals surface area contributed by atoms with Crippen LogP contribution in [0.3, 0.4) is 0 Å². The molecule has 0 bridgehead atoms. The number of hydrogen-bond donors (Lipinski definition) is 2. The number of anilines is 1. The topological polar surface area (TPSA) is 106 Å². The minimum absolute atomic E-state index is 0.0200. The molecule has 0 aliphatic carbocycles. The molecule has 9 nitrogen and oxygen atoms in total. The maximum absolute atomic E-state index is 12.9. The average Bonchev–Trinajstić information content (AvgIpc) is 3.17. The van der Waals surface area contributed by atoms with Crippen molar-refractivity contribution in [3.8, 4) is 17.2 Å². The molecule has 1 aliphatic rings. The van der Waals surface area contributed by atoms with Gasteiger partial charge in [-0.3, -0.25) is 9.59 Å². The zero-order valence-electron chi connectivity index (χ0n) is 20.4. The van der Waals surface area contributed by atoms with Gasteiger partial charge < -0.3 is 24.8 Å². The molecule has 0 aromatic heterocycles. The van der Waals surface area contributed by atoms with Gasteiger partial charge in [0.2, 0.25) is 5.91 Å². The summed E-state index contributed by atoms with van der Waals surface area (Å²) in [5.41, 5.74) is 1.84. The number of rotatable bonds is 9. The lowest BCUT2D eigenvalue weighted by Crippen LogP contribution is -2.38. The number of ether oxygens (including phenoxy) is 3. The van der Waals surface area contributed by atoms with Gasteiger partial charge in [-0.1, -0.05) is 47.5 Å². The fourth-order valence-corrected chi connectivity index (χ4v) is 3.97. The first-order chi connectivity index (χ1) is 18.3. The first kappa shape index (κ1) is 26.8. The molecule has 1 heterocycles. The van der Waals surface area contributed by atoms with Gasteiger partial charge in [-0.25, -0.2) is 9.69 Å². The van der Waals surface area contributed by atoms with E-state index in [0.717, 1.165) is 10.5 Å². The van der Waals surface area contributed by atoms with Crippen molar-refractivity contribution < 1.29 is 28.6 Å². The highest BCUT2D eigenvalue weighted by molar-refractivity contribution is 6.42. The highest BCUT2D eigenvalue weighted by Gasteiger charge is 2.35. The number of halogens is 2. The molecular weight excluding hydrogens is 533 g/mol. The van der Waals surface area contributed by atoms with Crippen molar-refractivity contribution in [2.24, 2.45) is 0 Å². The van der Waals surface area contributed by atoms with Gasteiger partial charge in [0.15, 0.2) is 11.5 Å². The second kappa shape index (κ2) is 11.9. The van der Waals surface area contributed by atoms with Crippen LogP contribution in [-0.4, -0.2) is 43.5 Å². The molecule has 3 aromatic rings. The summed E-state index contributed by atoms with van der Waals surface area (Å²) < 4.78 is 16.5. The Kier molecular flexibility index (Phi) is 8.40. The molecule has 2 N–H and O–H groups in total. The Morgan fingerprint density at radius 1 is 0.947 bits per heavy atom. The van der Waals surface area contributed by atoms with Gasteiger partial charge >= 0.3 is 6.03 Å². The molecule has 0 saturated carbocycles. The molecule has 1 saturated heterocycles. The van der Waals surface area contributed by atoms with Crippen molar-refractivity contribution in [3.63, 3.8) is 0 Å². The Hall–Kier alpha value is -4.21. The molecule has 196 valence electrons. The SMILES string of the molecule is COc1ccccc1NC(=O)CN1C(=O)N/C(=C/c2ccc(OCc3ccc(Cl)c(Cl)c3)c(OC)c2)C1=O. The number of nitrogens with zero attached hydrogens (tertiary/aromatic N) is 1. The van der Waals surface area contributed by atoms with Crippen molar-refractivity contribution in [1.29, 1.82) is 0 Å². The molecule has 3 aromatic carbocycles. The average molecular weight is 556 g/mol. The van der Waals surface area contributed by atoms with Crippen LogP contribution in [0.4, 0.5) is 10.5 Å². The summed E-state index contributed by atoms with van der Waals surface area (Å²) >= 11 is 12.0. The van der Waals surface area contributed by atoms with Crippen LogP contribution in [-0.2, 0) is 16.2 Å². The lowest BCUT2D eigenvalue weighted by Gasteiger charge is -2.13. The number of nitrogens with one attached hydrogen (secondary N) is 2. The molecule has 1 aliphatic heterocycles. The fourth-order valence-electron chi connectivity index (χ4n) is 3.65. The second-order valence-corrected chi connectivity index (χ2v) is 8.89. The molecular formula is C27H23Cl2N3O6. The molecule has 0 radical (unpaired) electrons. The molecule has 11 heteroatoms. The summed E-state index contributed by atoms with van der Waals surface area (Å²) in [5, 5.41) is 6.02. The van der Waals surface area contributed by atoms with Crippen molar-refractivity contribution in [1.82, 2.24) is 10.2 Å². The molecule has 0 atom stereocenters. The van der Waals surface area contributed by atoms with Gasteiger partial charge in [-0.2, -0.15) is 0 Å². The van der Waals surface area contributed by atoms with Crippen LogP contribution in [0.15, 0.2) is 66.4 Å². The van der Waals surface area contributed by atoms with E-state index in [2.05, 4.69) is 10.6 Å². The van der Waals surface area contributed by atoms with Gasteiger partial charge in [-0.05, 0) is 53.6 Å². The minimum Gasteiger partial charge on any atom is -0.495 e. The third-order valence-corrected chi connectivity index (χ3v) is 6.26. The third kappa shape index (κ3) is 6.19. The van der Waals surface area contributed by atoms with Gasteiger partial charge in [0.1, 0.15) is 24.6 Å². The first-order valence-electron chi connectivity index (χ1n) is 11.3. The summed E-state index contributed by atoms with van der Waals surface area (Å²) in [6.07, 6.45) is 1.49. The lowest BCUT2D eigenvalue weighted by molar-refractivity contribution is -0.127. The molecule has 4 rings (SSSR count). The van der Waals surface area contributed by atoms with Crippen molar-refractivity contribution >= 4 is 52.8 Å². The predicted octanol–water partition coefficient (Wildman–Crippen LogP) is 5.12. The Labute approximate surface area is 228 Å². The largest absolute Gasteiger partial charge is 0.495 e. The van der Waals surface area contributed by atoms with Gasteiger partial charge in [0.25, 0.3) is 5.91 Å². The predicted molar refractivity (Wildman–Crippen MR) is 144 cm³/mol. The van der Waals surface area contributed by atoms with Crippen LogP contribution < -0.4 is 24.8 Å². The van der Waals surface area contributed by atoms with E-state index in [-0.39, 0.29) is 12.3 Å². The lowest BCUT2D eigenvalue weighted by atomic mass is 10.1. The van der Waals surface area contributed by atoms with Crippen molar-refractivity contribution in [2.45, 2.75) is 6.61 Å². The number of para-hydroxylation sites is 2. The first-order valence-corrected chi connectivity index (χ1v) is 12.1. The zero-order valence-corrected chi connectivity index (χ0v) is 21.9. The highest BCUT2D eigenvalue weighted by Crippen LogP contribution is 2.31. The van der Waals surface area contributed by atoms with E-state index in [1.54, 1.807) is 60.7 Å².